The molecule has 3 aromatic heterocycles. The van der Waals surface area contributed by atoms with Crippen molar-refractivity contribution in [3.05, 3.63) is 206 Å². The van der Waals surface area contributed by atoms with Crippen LogP contribution in [0.25, 0.3) is 127 Å². The summed E-state index contributed by atoms with van der Waals surface area (Å²) >= 11 is 0. The van der Waals surface area contributed by atoms with Crippen LogP contribution in [0.4, 0.5) is 0 Å². The molecule has 0 aliphatic carbocycles. The molecule has 3 heterocycles. The van der Waals surface area contributed by atoms with Gasteiger partial charge in [0.05, 0.1) is 35.8 Å². The van der Waals surface area contributed by atoms with Crippen molar-refractivity contribution in [1.82, 2.24) is 19.5 Å². The van der Waals surface area contributed by atoms with Crippen LogP contribution in [-0.2, 0) is 0 Å². The van der Waals surface area contributed by atoms with Crippen LogP contribution in [0.2, 0.25) is 0 Å². The fourth-order valence-corrected chi connectivity index (χ4v) is 8.92. The van der Waals surface area contributed by atoms with Crippen molar-refractivity contribution in [3.8, 4) is 62.1 Å². The molecule has 0 amide bonds. The Bertz CT molecular complexity index is 4620. The fourth-order valence-electron chi connectivity index (χ4n) is 8.92. The Morgan fingerprint density at radius 1 is 0.371 bits per heavy atom. The Morgan fingerprint density at radius 2 is 0.919 bits per heavy atom. The van der Waals surface area contributed by atoms with Crippen LogP contribution in [0, 0.1) is 0 Å². The summed E-state index contributed by atoms with van der Waals surface area (Å²) in [6.45, 7) is 0. The molecule has 5 nitrogen and oxygen atoms in total. The van der Waals surface area contributed by atoms with Crippen LogP contribution in [0.1, 0.15) is 19.2 Å². The normalized spacial score (nSPS) is 15.0. The van der Waals surface area contributed by atoms with E-state index in [-0.39, 0.29) is 11.4 Å². The molecule has 288 valence electrons. The van der Waals surface area contributed by atoms with Crippen molar-refractivity contribution in [2.45, 2.75) is 0 Å². The summed E-state index contributed by atoms with van der Waals surface area (Å²) < 4.78 is 131. The van der Waals surface area contributed by atoms with Gasteiger partial charge in [0.25, 0.3) is 0 Å². The molecule has 5 heteroatoms. The Kier molecular flexibility index (Phi) is 5.12. The molecule has 10 aromatic carbocycles. The van der Waals surface area contributed by atoms with E-state index in [1.54, 1.807) is 12.1 Å². The van der Waals surface area contributed by atoms with Gasteiger partial charge in [0.15, 0.2) is 17.5 Å². The number of rotatable bonds is 6. The number of fused-ring (bicyclic) bond motifs is 6. The van der Waals surface area contributed by atoms with E-state index < -0.39 is 118 Å². The first-order valence-corrected chi connectivity index (χ1v) is 19.8. The molecule has 13 rings (SSSR count). The first kappa shape index (κ1) is 23.4. The zero-order valence-electron chi connectivity index (χ0n) is 46.2. The van der Waals surface area contributed by atoms with E-state index in [0.29, 0.717) is 16.6 Å². The van der Waals surface area contributed by atoms with Crippen molar-refractivity contribution in [1.29, 1.82) is 0 Å². The van der Waals surface area contributed by atoms with Gasteiger partial charge in [-0.15, -0.1) is 0 Å². The Morgan fingerprint density at radius 3 is 1.71 bits per heavy atom. The van der Waals surface area contributed by atoms with Crippen molar-refractivity contribution < 1.29 is 23.6 Å². The first-order valence-electron chi connectivity index (χ1n) is 26.8. The van der Waals surface area contributed by atoms with Crippen LogP contribution in [0.3, 0.4) is 0 Å². The Labute approximate surface area is 375 Å². The topological polar surface area (TPSA) is 56.7 Å². The summed E-state index contributed by atoms with van der Waals surface area (Å²) in [6, 6.07) is 30.5. The lowest BCUT2D eigenvalue weighted by atomic mass is 9.88. The summed E-state index contributed by atoms with van der Waals surface area (Å²) in [5.41, 5.74) is 3.97. The van der Waals surface area contributed by atoms with Crippen LogP contribution in [-0.4, -0.2) is 19.5 Å². The predicted molar refractivity (Wildman–Crippen MR) is 255 cm³/mol. The highest BCUT2D eigenvalue weighted by molar-refractivity contribution is 6.37. The van der Waals surface area contributed by atoms with Crippen molar-refractivity contribution in [2.24, 2.45) is 0 Å². The minimum absolute atomic E-state index is 0.170. The number of aromatic nitrogens is 4. The van der Waals surface area contributed by atoms with E-state index in [0.717, 1.165) is 65.6 Å². The molecule has 0 N–H and O–H groups in total. The van der Waals surface area contributed by atoms with Crippen LogP contribution in [0.5, 0.6) is 0 Å². The number of furan rings is 1. The molecule has 0 spiro atoms. The molecular weight excluding hydrogens is 757 g/mol. The zero-order chi connectivity index (χ0) is 52.9. The minimum atomic E-state index is -0.770. The highest BCUT2D eigenvalue weighted by Gasteiger charge is 2.25. The van der Waals surface area contributed by atoms with Crippen molar-refractivity contribution in [2.75, 3.05) is 0 Å². The Hall–Kier alpha value is -8.41. The molecule has 0 fully saturated rings. The van der Waals surface area contributed by atoms with Crippen molar-refractivity contribution in [3.63, 3.8) is 0 Å². The molecule has 0 bridgehead atoms. The standard InChI is InChI=1S/C57H34N4O/c1-4-15-35(16-5-1)36-29-31-38(32-30-36)56-58-55(37-17-6-2-7-18-37)59-57(60-56)46-26-12-25-45-50-43(24-14-28-49(50)62-54(45)46)44-33-34-48-53-51(44)41-22-11-10-21-40(41)42-23-13-27-47(52(42)53)61(48)39-19-8-3-9-20-39/h1-34H/i1D,2D,4D,5D,6D,7D,15D,16D,17D,18D,29D,30D,31D,32D. The molecule has 62 heavy (non-hydrogen) atoms. The van der Waals surface area contributed by atoms with Gasteiger partial charge < -0.3 is 8.98 Å². The molecule has 0 saturated carbocycles. The van der Waals surface area contributed by atoms with E-state index in [1.807, 2.05) is 54.6 Å². The third kappa shape index (κ3) is 5.18. The lowest BCUT2D eigenvalue weighted by Crippen LogP contribution is -2.00. The zero-order valence-corrected chi connectivity index (χ0v) is 32.2. The molecule has 0 atom stereocenters. The molecular formula is C57H34N4O. The van der Waals surface area contributed by atoms with Gasteiger partial charge in [0, 0.05) is 43.7 Å². The van der Waals surface area contributed by atoms with Gasteiger partial charge in [-0.2, -0.15) is 0 Å². The number of hydrogen-bond acceptors (Lipinski definition) is 4. The van der Waals surface area contributed by atoms with Crippen LogP contribution < -0.4 is 0 Å². The summed E-state index contributed by atoms with van der Waals surface area (Å²) in [5, 5.41) is 7.97. The minimum Gasteiger partial charge on any atom is -0.455 e. The number of para-hydroxylation sites is 2. The van der Waals surface area contributed by atoms with E-state index in [1.165, 1.54) is 0 Å². The van der Waals surface area contributed by atoms with Gasteiger partial charge in [0.2, 0.25) is 0 Å². The SMILES string of the molecule is [2H]c1c([2H])c([2H])c(-c2nc(-c3c([2H])c([2H])c(-c4c([2H])c([2H])c([2H])c([2H])c4[2H])c([2H])c3[2H])nc(-c3cccc4c3oc3cccc(-c5ccc6c7c5c5ccccc5c5cccc(c57)n6-c5ccccc5)c34)n2)c([2H])c1[2H]. The van der Waals surface area contributed by atoms with Gasteiger partial charge >= 0.3 is 0 Å². The summed E-state index contributed by atoms with van der Waals surface area (Å²) in [4.78, 5) is 14.0. The van der Waals surface area contributed by atoms with Gasteiger partial charge in [-0.25, -0.2) is 15.0 Å². The number of hydrogen-bond donors (Lipinski definition) is 0. The maximum absolute atomic E-state index is 9.29. The molecule has 13 aromatic rings. The van der Waals surface area contributed by atoms with E-state index >= 15 is 0 Å². The molecule has 0 aliphatic rings. The number of benzene rings is 10. The summed E-state index contributed by atoms with van der Waals surface area (Å²) in [5.74, 6) is -1.10. The second-order valence-electron chi connectivity index (χ2n) is 14.8. The lowest BCUT2D eigenvalue weighted by Gasteiger charge is -2.14. The van der Waals surface area contributed by atoms with Crippen LogP contribution in [0.15, 0.2) is 210 Å². The molecule has 0 saturated heterocycles. The van der Waals surface area contributed by atoms with E-state index in [2.05, 4.69) is 64.1 Å². The van der Waals surface area contributed by atoms with Gasteiger partial charge in [-0.3, -0.25) is 0 Å². The van der Waals surface area contributed by atoms with Gasteiger partial charge in [0.1, 0.15) is 11.2 Å². The van der Waals surface area contributed by atoms with Crippen LogP contribution >= 0.6 is 0 Å². The Balaban J connectivity index is 1.08. The average Bonchev–Trinajstić information content (AvgIpc) is 4.22. The maximum Gasteiger partial charge on any atom is 0.167 e. The molecule has 0 unspecified atom stereocenters. The maximum atomic E-state index is 9.29. The second-order valence-corrected chi connectivity index (χ2v) is 14.8. The number of nitrogens with zero attached hydrogens (tertiary/aromatic N) is 4. The predicted octanol–water partition coefficient (Wildman–Crippen LogP) is 14.9. The first-order chi connectivity index (χ1) is 36.6. The average molecular weight is 805 g/mol. The second kappa shape index (κ2) is 13.6. The molecule has 0 radical (unpaired) electrons. The van der Waals surface area contributed by atoms with Gasteiger partial charge in [-0.05, 0) is 74.8 Å². The quantitative estimate of drug-likeness (QED) is 0.157. The lowest BCUT2D eigenvalue weighted by molar-refractivity contribution is 0.669. The smallest absolute Gasteiger partial charge is 0.167 e. The monoisotopic (exact) mass is 804 g/mol. The third-order valence-corrected chi connectivity index (χ3v) is 11.5. The van der Waals surface area contributed by atoms with E-state index in [9.17, 15) is 2.74 Å². The highest BCUT2D eigenvalue weighted by atomic mass is 16.3. The summed E-state index contributed by atoms with van der Waals surface area (Å²) in [6.07, 6.45) is 0. The fraction of sp³-hybridized carbons (Fsp3) is 0. The van der Waals surface area contributed by atoms with Crippen molar-refractivity contribution >= 4 is 65.3 Å². The third-order valence-electron chi connectivity index (χ3n) is 11.5. The summed E-state index contributed by atoms with van der Waals surface area (Å²) in [7, 11) is 0. The molecule has 0 aliphatic heterocycles. The van der Waals surface area contributed by atoms with E-state index in [4.69, 9.17) is 30.8 Å². The van der Waals surface area contributed by atoms with Gasteiger partial charge in [-0.1, -0.05) is 170 Å². The largest absolute Gasteiger partial charge is 0.455 e. The highest BCUT2D eigenvalue weighted by Crippen LogP contribution is 2.49.